The minimum Gasteiger partial charge on any atom is -0.482 e. The predicted molar refractivity (Wildman–Crippen MR) is 90.4 cm³/mol. The molecule has 0 spiro atoms. The number of hydrogen-bond donors (Lipinski definition) is 2. The maximum absolute atomic E-state index is 12.1. The molecule has 0 aromatic heterocycles. The molecule has 0 saturated heterocycles. The Morgan fingerprint density at radius 2 is 1.96 bits per heavy atom. The Morgan fingerprint density at radius 3 is 2.70 bits per heavy atom. The van der Waals surface area contributed by atoms with Crippen molar-refractivity contribution in [3.8, 4) is 5.75 Å². The lowest BCUT2D eigenvalue weighted by Gasteiger charge is -2.34. The first-order chi connectivity index (χ1) is 11.0. The molecule has 0 heterocycles. The lowest BCUT2D eigenvalue weighted by atomic mass is 9.78. The molecule has 1 aliphatic rings. The van der Waals surface area contributed by atoms with E-state index in [2.05, 4.69) is 24.5 Å². The Kier molecular flexibility index (Phi) is 6.02. The van der Waals surface area contributed by atoms with Gasteiger partial charge in [0, 0.05) is 13.0 Å². The van der Waals surface area contributed by atoms with E-state index in [0.717, 1.165) is 12.8 Å². The molecule has 1 aromatic carbocycles. The molecule has 0 aliphatic heterocycles. The summed E-state index contributed by atoms with van der Waals surface area (Å²) in [5, 5.41) is 5.77. The van der Waals surface area contributed by atoms with E-state index in [1.807, 2.05) is 12.1 Å². The van der Waals surface area contributed by atoms with E-state index in [9.17, 15) is 9.59 Å². The van der Waals surface area contributed by atoms with E-state index in [1.165, 1.54) is 13.3 Å². The van der Waals surface area contributed by atoms with E-state index in [1.54, 1.807) is 12.1 Å². The van der Waals surface area contributed by atoms with Crippen molar-refractivity contribution in [3.63, 3.8) is 0 Å². The van der Waals surface area contributed by atoms with Crippen LogP contribution in [0, 0.1) is 11.8 Å². The molecule has 2 N–H and O–H groups in total. The summed E-state index contributed by atoms with van der Waals surface area (Å²) >= 11 is 0. The van der Waals surface area contributed by atoms with Crippen LogP contribution in [-0.4, -0.2) is 24.5 Å². The van der Waals surface area contributed by atoms with Crippen LogP contribution >= 0.6 is 0 Å². The van der Waals surface area contributed by atoms with Crippen molar-refractivity contribution in [1.29, 1.82) is 0 Å². The lowest BCUT2D eigenvalue weighted by Crippen LogP contribution is -2.45. The van der Waals surface area contributed by atoms with Gasteiger partial charge in [-0.25, -0.2) is 0 Å². The zero-order valence-electron chi connectivity index (χ0n) is 14.1. The minimum absolute atomic E-state index is 0.0474. The second kappa shape index (κ2) is 7.99. The van der Waals surface area contributed by atoms with Crippen molar-refractivity contribution < 1.29 is 14.3 Å². The number of ether oxygens (including phenoxy) is 1. The molecule has 1 aliphatic carbocycles. The van der Waals surface area contributed by atoms with E-state index in [0.29, 0.717) is 23.3 Å². The van der Waals surface area contributed by atoms with Gasteiger partial charge in [0.1, 0.15) is 5.75 Å². The maximum Gasteiger partial charge on any atom is 0.258 e. The molecule has 23 heavy (non-hydrogen) atoms. The summed E-state index contributed by atoms with van der Waals surface area (Å²) in [6.07, 6.45) is 3.41. The Balaban J connectivity index is 1.88. The third-order valence-electron chi connectivity index (χ3n) is 4.61. The molecule has 2 amide bonds. The second-order valence-corrected chi connectivity index (χ2v) is 6.41. The van der Waals surface area contributed by atoms with E-state index >= 15 is 0 Å². The third kappa shape index (κ3) is 4.98. The van der Waals surface area contributed by atoms with Crippen LogP contribution in [0.2, 0.25) is 0 Å². The number of anilines is 1. The van der Waals surface area contributed by atoms with Crippen LogP contribution in [0.5, 0.6) is 5.75 Å². The number of para-hydroxylation sites is 2. The fraction of sp³-hybridized carbons (Fsp3) is 0.556. The number of nitrogens with one attached hydrogen (secondary N) is 2. The van der Waals surface area contributed by atoms with Crippen LogP contribution in [-0.2, 0) is 9.59 Å². The highest BCUT2D eigenvalue weighted by Gasteiger charge is 2.28. The Bertz CT molecular complexity index is 559. The molecular formula is C18H26N2O3. The SMILES string of the molecule is CC(=O)Nc1ccccc1OCC(=O)N[C@@H]1CCC[C@H](C)[C@H]1C. The highest BCUT2D eigenvalue weighted by Crippen LogP contribution is 2.29. The summed E-state index contributed by atoms with van der Waals surface area (Å²) in [4.78, 5) is 23.3. The molecule has 126 valence electrons. The van der Waals surface area contributed by atoms with Gasteiger partial charge in [-0.3, -0.25) is 9.59 Å². The van der Waals surface area contributed by atoms with E-state index in [4.69, 9.17) is 4.74 Å². The third-order valence-corrected chi connectivity index (χ3v) is 4.61. The molecule has 5 nitrogen and oxygen atoms in total. The number of carbonyl (C=O) groups excluding carboxylic acids is 2. The largest absolute Gasteiger partial charge is 0.482 e. The fourth-order valence-electron chi connectivity index (χ4n) is 3.06. The van der Waals surface area contributed by atoms with Gasteiger partial charge in [0.25, 0.3) is 5.91 Å². The molecule has 1 fully saturated rings. The van der Waals surface area contributed by atoms with Crippen LogP contribution in [0.4, 0.5) is 5.69 Å². The Morgan fingerprint density at radius 1 is 1.22 bits per heavy atom. The summed E-state index contributed by atoms with van der Waals surface area (Å²) in [7, 11) is 0. The zero-order valence-corrected chi connectivity index (χ0v) is 14.1. The van der Waals surface area contributed by atoms with Gasteiger partial charge in [-0.2, -0.15) is 0 Å². The van der Waals surface area contributed by atoms with Crippen LogP contribution in [0.1, 0.15) is 40.0 Å². The van der Waals surface area contributed by atoms with Crippen molar-refractivity contribution in [1.82, 2.24) is 5.32 Å². The van der Waals surface area contributed by atoms with Crippen molar-refractivity contribution in [2.75, 3.05) is 11.9 Å². The standard InChI is InChI=1S/C18H26N2O3/c1-12-7-6-9-15(13(12)2)20-18(22)11-23-17-10-5-4-8-16(17)19-14(3)21/h4-5,8,10,12-13,15H,6-7,9,11H2,1-3H3,(H,19,21)(H,20,22)/t12-,13+,15+/m0/s1. The van der Waals surface area contributed by atoms with Gasteiger partial charge in [0.2, 0.25) is 5.91 Å². The quantitative estimate of drug-likeness (QED) is 0.877. The van der Waals surface area contributed by atoms with Crippen molar-refractivity contribution in [2.45, 2.75) is 46.1 Å². The topological polar surface area (TPSA) is 67.4 Å². The molecule has 1 aromatic rings. The highest BCUT2D eigenvalue weighted by atomic mass is 16.5. The normalized spacial score (nSPS) is 23.9. The number of hydrogen-bond acceptors (Lipinski definition) is 3. The molecule has 0 bridgehead atoms. The number of carbonyl (C=O) groups is 2. The summed E-state index contributed by atoms with van der Waals surface area (Å²) in [6, 6.07) is 7.33. The van der Waals surface area contributed by atoms with Gasteiger partial charge in [-0.1, -0.05) is 38.8 Å². The van der Waals surface area contributed by atoms with Crippen LogP contribution in [0.25, 0.3) is 0 Å². The maximum atomic E-state index is 12.1. The lowest BCUT2D eigenvalue weighted by molar-refractivity contribution is -0.124. The fourth-order valence-corrected chi connectivity index (χ4v) is 3.06. The first-order valence-electron chi connectivity index (χ1n) is 8.26. The number of benzene rings is 1. The van der Waals surface area contributed by atoms with Gasteiger partial charge < -0.3 is 15.4 Å². The first kappa shape index (κ1) is 17.3. The second-order valence-electron chi connectivity index (χ2n) is 6.41. The van der Waals surface area contributed by atoms with Gasteiger partial charge in [-0.05, 0) is 30.4 Å². The Labute approximate surface area is 137 Å². The minimum atomic E-state index is -0.171. The average molecular weight is 318 g/mol. The Hall–Kier alpha value is -2.04. The molecule has 0 radical (unpaired) electrons. The monoisotopic (exact) mass is 318 g/mol. The van der Waals surface area contributed by atoms with Crippen molar-refractivity contribution in [2.24, 2.45) is 11.8 Å². The van der Waals surface area contributed by atoms with Gasteiger partial charge >= 0.3 is 0 Å². The highest BCUT2D eigenvalue weighted by molar-refractivity contribution is 5.90. The van der Waals surface area contributed by atoms with Crippen LogP contribution in [0.3, 0.4) is 0 Å². The van der Waals surface area contributed by atoms with Gasteiger partial charge in [-0.15, -0.1) is 0 Å². The van der Waals surface area contributed by atoms with E-state index in [-0.39, 0.29) is 24.5 Å². The molecule has 5 heteroatoms. The summed E-state index contributed by atoms with van der Waals surface area (Å²) in [5.74, 6) is 1.34. The van der Waals surface area contributed by atoms with Crippen molar-refractivity contribution >= 4 is 17.5 Å². The smallest absolute Gasteiger partial charge is 0.258 e. The van der Waals surface area contributed by atoms with Gasteiger partial charge in [0.15, 0.2) is 6.61 Å². The predicted octanol–water partition coefficient (Wildman–Crippen LogP) is 2.96. The van der Waals surface area contributed by atoms with Crippen LogP contribution in [0.15, 0.2) is 24.3 Å². The summed E-state index contributed by atoms with van der Waals surface area (Å²) in [5.41, 5.74) is 0.576. The number of amides is 2. The zero-order chi connectivity index (χ0) is 16.8. The summed E-state index contributed by atoms with van der Waals surface area (Å²) in [6.45, 7) is 5.83. The molecule has 1 saturated carbocycles. The van der Waals surface area contributed by atoms with Gasteiger partial charge in [0.05, 0.1) is 5.69 Å². The van der Waals surface area contributed by atoms with Crippen LogP contribution < -0.4 is 15.4 Å². The van der Waals surface area contributed by atoms with Crippen molar-refractivity contribution in [3.05, 3.63) is 24.3 Å². The summed E-state index contributed by atoms with van der Waals surface area (Å²) < 4.78 is 5.58. The average Bonchev–Trinajstić information content (AvgIpc) is 2.50. The molecular weight excluding hydrogens is 292 g/mol. The molecule has 0 unspecified atom stereocenters. The van der Waals surface area contributed by atoms with E-state index < -0.39 is 0 Å². The molecule has 3 atom stereocenters. The first-order valence-corrected chi connectivity index (χ1v) is 8.26. The molecule has 2 rings (SSSR count). The number of rotatable bonds is 5.